The van der Waals surface area contributed by atoms with Gasteiger partial charge in [-0.25, -0.2) is 4.79 Å². The molecule has 0 radical (unpaired) electrons. The second-order valence-corrected chi connectivity index (χ2v) is 9.52. The first-order valence-electron chi connectivity index (χ1n) is 11.9. The molecule has 0 fully saturated rings. The molecule has 0 aliphatic rings. The number of para-hydroxylation sites is 1. The van der Waals surface area contributed by atoms with E-state index in [9.17, 15) is 9.90 Å². The summed E-state index contributed by atoms with van der Waals surface area (Å²) < 4.78 is 5.25. The number of hydrogen-bond donors (Lipinski definition) is 1. The summed E-state index contributed by atoms with van der Waals surface area (Å²) in [5.41, 5.74) is 1.47. The van der Waals surface area contributed by atoms with Crippen LogP contribution in [0.25, 0.3) is 0 Å². The predicted octanol–water partition coefficient (Wildman–Crippen LogP) is 7.93. The quantitative estimate of drug-likeness (QED) is 0.233. The molecular weight excluding hydrogens is 372 g/mol. The van der Waals surface area contributed by atoms with Gasteiger partial charge in [-0.05, 0) is 55.7 Å². The summed E-state index contributed by atoms with van der Waals surface area (Å²) in [6.45, 7) is 11.8. The van der Waals surface area contributed by atoms with Crippen molar-refractivity contribution < 1.29 is 14.6 Å². The Labute approximate surface area is 184 Å². The van der Waals surface area contributed by atoms with Gasteiger partial charge in [0.05, 0.1) is 0 Å². The van der Waals surface area contributed by atoms with Crippen molar-refractivity contribution in [3.05, 3.63) is 41.5 Å². The van der Waals surface area contributed by atoms with Gasteiger partial charge in [-0.2, -0.15) is 0 Å². The van der Waals surface area contributed by atoms with Gasteiger partial charge in [0.25, 0.3) is 0 Å². The molecule has 0 saturated heterocycles. The summed E-state index contributed by atoms with van der Waals surface area (Å²) in [5.74, 6) is 1.95. The highest BCUT2D eigenvalue weighted by Gasteiger charge is 2.11. The van der Waals surface area contributed by atoms with Crippen LogP contribution in [0.15, 0.2) is 35.9 Å². The largest absolute Gasteiger partial charge is 0.507 e. The lowest BCUT2D eigenvalue weighted by molar-refractivity contribution is 0.0545. The zero-order valence-electron chi connectivity index (χ0n) is 20.0. The Bertz CT molecular complexity index is 633. The summed E-state index contributed by atoms with van der Waals surface area (Å²) in [6.07, 6.45) is 13.6. The van der Waals surface area contributed by atoms with Crippen molar-refractivity contribution in [2.75, 3.05) is 6.61 Å². The van der Waals surface area contributed by atoms with E-state index in [-0.39, 0.29) is 17.9 Å². The normalized spacial score (nSPS) is 14.0. The fraction of sp³-hybridized carbons (Fsp3) is 0.667. The summed E-state index contributed by atoms with van der Waals surface area (Å²) in [4.78, 5) is 12.0. The fourth-order valence-corrected chi connectivity index (χ4v) is 3.79. The van der Waals surface area contributed by atoms with E-state index in [0.29, 0.717) is 0 Å². The molecule has 2 unspecified atom stereocenters. The number of aromatic hydroxyl groups is 1. The molecule has 0 heterocycles. The van der Waals surface area contributed by atoms with Crippen molar-refractivity contribution in [2.45, 2.75) is 92.4 Å². The molecule has 0 spiro atoms. The Balaban J connectivity index is 2.13. The van der Waals surface area contributed by atoms with E-state index in [1.54, 1.807) is 18.2 Å². The molecule has 0 aliphatic carbocycles. The first-order chi connectivity index (χ1) is 14.3. The number of hydrogen-bond acceptors (Lipinski definition) is 3. The number of ether oxygens (including phenoxy) is 1. The molecule has 0 amide bonds. The Morgan fingerprint density at radius 1 is 0.933 bits per heavy atom. The van der Waals surface area contributed by atoms with Crippen molar-refractivity contribution >= 4 is 5.97 Å². The van der Waals surface area contributed by atoms with E-state index < -0.39 is 5.97 Å². The highest BCUT2D eigenvalue weighted by Crippen LogP contribution is 2.22. The van der Waals surface area contributed by atoms with Gasteiger partial charge < -0.3 is 9.84 Å². The lowest BCUT2D eigenvalue weighted by atomic mass is 9.91. The lowest BCUT2D eigenvalue weighted by Crippen LogP contribution is -2.05. The van der Waals surface area contributed by atoms with Crippen LogP contribution in [-0.2, 0) is 4.74 Å². The summed E-state index contributed by atoms with van der Waals surface area (Å²) >= 11 is 0. The van der Waals surface area contributed by atoms with Gasteiger partial charge in [0, 0.05) is 0 Å². The number of benzene rings is 1. The van der Waals surface area contributed by atoms with Gasteiger partial charge in [0.1, 0.15) is 17.9 Å². The zero-order valence-corrected chi connectivity index (χ0v) is 20.0. The molecular formula is C27H44O3. The molecule has 1 rings (SSSR count). The topological polar surface area (TPSA) is 46.5 Å². The Hall–Kier alpha value is -1.77. The Kier molecular flexibility index (Phi) is 13.2. The van der Waals surface area contributed by atoms with Crippen LogP contribution in [0.2, 0.25) is 0 Å². The molecule has 0 aliphatic heterocycles. The lowest BCUT2D eigenvalue weighted by Gasteiger charge is -2.15. The maximum Gasteiger partial charge on any atom is 0.342 e. The van der Waals surface area contributed by atoms with Crippen LogP contribution in [0.1, 0.15) is 103 Å². The number of allylic oxidation sites excluding steroid dienone is 1. The Morgan fingerprint density at radius 2 is 1.50 bits per heavy atom. The van der Waals surface area contributed by atoms with Crippen molar-refractivity contribution in [3.63, 3.8) is 0 Å². The first kappa shape index (κ1) is 26.3. The van der Waals surface area contributed by atoms with Crippen LogP contribution < -0.4 is 0 Å². The average Bonchev–Trinajstić information content (AvgIpc) is 2.68. The van der Waals surface area contributed by atoms with Crippen molar-refractivity contribution in [2.24, 2.45) is 17.8 Å². The van der Waals surface area contributed by atoms with E-state index in [0.717, 1.165) is 24.2 Å². The van der Waals surface area contributed by atoms with Crippen LogP contribution in [0.5, 0.6) is 5.75 Å². The standard InChI is InChI=1S/C27H44O3/c1-21(2)11-8-12-22(3)13-9-14-23(4)15-10-16-24(5)19-20-30-27(29)25-17-6-7-18-26(25)28/h6-7,17-19,21-23,28H,8-16,20H2,1-5H3. The maximum atomic E-state index is 12.0. The molecule has 1 aromatic rings. The highest BCUT2D eigenvalue weighted by molar-refractivity contribution is 5.92. The molecule has 3 heteroatoms. The van der Waals surface area contributed by atoms with Crippen molar-refractivity contribution in [1.82, 2.24) is 0 Å². The molecule has 1 N–H and O–H groups in total. The molecule has 30 heavy (non-hydrogen) atoms. The van der Waals surface area contributed by atoms with Gasteiger partial charge in [-0.3, -0.25) is 0 Å². The van der Waals surface area contributed by atoms with E-state index in [1.165, 1.54) is 63.0 Å². The number of carbonyl (C=O) groups is 1. The number of esters is 1. The van der Waals surface area contributed by atoms with Gasteiger partial charge in [-0.1, -0.05) is 90.3 Å². The molecule has 0 saturated carbocycles. The van der Waals surface area contributed by atoms with Crippen LogP contribution in [0.4, 0.5) is 0 Å². The summed E-state index contributed by atoms with van der Waals surface area (Å²) in [7, 11) is 0. The zero-order chi connectivity index (χ0) is 22.4. The minimum absolute atomic E-state index is 0.0397. The van der Waals surface area contributed by atoms with Crippen molar-refractivity contribution in [3.8, 4) is 5.75 Å². The van der Waals surface area contributed by atoms with E-state index in [4.69, 9.17) is 4.74 Å². The van der Waals surface area contributed by atoms with Crippen LogP contribution in [0.3, 0.4) is 0 Å². The molecule has 0 aromatic heterocycles. The number of phenols is 1. The minimum atomic E-state index is -0.482. The SMILES string of the molecule is CC(=CCOC(=O)c1ccccc1O)CCCC(C)CCCC(C)CCCC(C)C. The fourth-order valence-electron chi connectivity index (χ4n) is 3.79. The van der Waals surface area contributed by atoms with Gasteiger partial charge in [0.15, 0.2) is 0 Å². The molecule has 170 valence electrons. The van der Waals surface area contributed by atoms with E-state index >= 15 is 0 Å². The second kappa shape index (κ2) is 15.1. The third-order valence-electron chi connectivity index (χ3n) is 5.91. The molecule has 2 atom stereocenters. The third-order valence-corrected chi connectivity index (χ3v) is 5.91. The van der Waals surface area contributed by atoms with E-state index in [1.807, 2.05) is 6.08 Å². The summed E-state index contributed by atoms with van der Waals surface area (Å²) in [6, 6.07) is 6.46. The third kappa shape index (κ3) is 12.0. The van der Waals surface area contributed by atoms with Crippen LogP contribution in [0, 0.1) is 17.8 Å². The van der Waals surface area contributed by atoms with Gasteiger partial charge in [-0.15, -0.1) is 0 Å². The predicted molar refractivity (Wildman–Crippen MR) is 127 cm³/mol. The van der Waals surface area contributed by atoms with Gasteiger partial charge >= 0.3 is 5.97 Å². The number of rotatable bonds is 15. The van der Waals surface area contributed by atoms with Crippen LogP contribution in [-0.4, -0.2) is 17.7 Å². The summed E-state index contributed by atoms with van der Waals surface area (Å²) in [5, 5.41) is 9.69. The highest BCUT2D eigenvalue weighted by atomic mass is 16.5. The average molecular weight is 417 g/mol. The van der Waals surface area contributed by atoms with Gasteiger partial charge in [0.2, 0.25) is 0 Å². The van der Waals surface area contributed by atoms with E-state index in [2.05, 4.69) is 34.6 Å². The molecule has 1 aromatic carbocycles. The first-order valence-corrected chi connectivity index (χ1v) is 11.9. The van der Waals surface area contributed by atoms with Crippen LogP contribution >= 0.6 is 0 Å². The smallest absolute Gasteiger partial charge is 0.342 e. The molecule has 3 nitrogen and oxygen atoms in total. The monoisotopic (exact) mass is 416 g/mol. The number of carbonyl (C=O) groups excluding carboxylic acids is 1. The Morgan fingerprint density at radius 3 is 2.10 bits per heavy atom. The number of phenolic OH excluding ortho intramolecular Hbond substituents is 1. The second-order valence-electron chi connectivity index (χ2n) is 9.52. The van der Waals surface area contributed by atoms with Crippen molar-refractivity contribution in [1.29, 1.82) is 0 Å². The minimum Gasteiger partial charge on any atom is -0.507 e. The maximum absolute atomic E-state index is 12.0. The molecule has 0 bridgehead atoms.